The summed E-state index contributed by atoms with van der Waals surface area (Å²) in [5.41, 5.74) is 2.32. The summed E-state index contributed by atoms with van der Waals surface area (Å²) in [6.45, 7) is 4.13. The van der Waals surface area contributed by atoms with Gasteiger partial charge in [0.2, 0.25) is 6.41 Å². The minimum Gasteiger partial charge on any atom is -0.358 e. The van der Waals surface area contributed by atoms with Gasteiger partial charge in [-0.1, -0.05) is 17.7 Å². The van der Waals surface area contributed by atoms with Crippen molar-refractivity contribution in [2.24, 2.45) is 0 Å². The molecule has 1 aromatic heterocycles. The number of hydrogen-bond acceptors (Lipinski definition) is 2. The SMILES string of the molecule is Cc1[nH]c2cccc(Cl)c2c1C(=O)N1CCN(C=O)CC1. The highest BCUT2D eigenvalue weighted by Gasteiger charge is 2.26. The van der Waals surface area contributed by atoms with Gasteiger partial charge in [-0.3, -0.25) is 9.59 Å². The molecule has 3 rings (SSSR count). The van der Waals surface area contributed by atoms with E-state index in [0.29, 0.717) is 36.8 Å². The Balaban J connectivity index is 1.95. The van der Waals surface area contributed by atoms with Crippen LogP contribution in [0.2, 0.25) is 5.02 Å². The van der Waals surface area contributed by atoms with Crippen LogP contribution in [0.1, 0.15) is 16.1 Å². The van der Waals surface area contributed by atoms with Crippen molar-refractivity contribution in [1.82, 2.24) is 14.8 Å². The summed E-state index contributed by atoms with van der Waals surface area (Å²) < 4.78 is 0. The second-order valence-corrected chi connectivity index (χ2v) is 5.63. The summed E-state index contributed by atoms with van der Waals surface area (Å²) in [4.78, 5) is 30.2. The summed E-state index contributed by atoms with van der Waals surface area (Å²) >= 11 is 6.26. The predicted molar refractivity (Wildman–Crippen MR) is 81.6 cm³/mol. The lowest BCUT2D eigenvalue weighted by Gasteiger charge is -2.32. The average molecular weight is 306 g/mol. The maximum Gasteiger partial charge on any atom is 0.256 e. The Kier molecular flexibility index (Phi) is 3.59. The molecule has 1 aromatic carbocycles. The van der Waals surface area contributed by atoms with E-state index in [9.17, 15) is 9.59 Å². The fourth-order valence-corrected chi connectivity index (χ4v) is 3.06. The summed E-state index contributed by atoms with van der Waals surface area (Å²) in [5.74, 6) is -0.0302. The second kappa shape index (κ2) is 5.41. The van der Waals surface area contributed by atoms with E-state index >= 15 is 0 Å². The number of nitrogens with one attached hydrogen (secondary N) is 1. The van der Waals surface area contributed by atoms with E-state index in [-0.39, 0.29) is 5.91 Å². The number of hydrogen-bond donors (Lipinski definition) is 1. The van der Waals surface area contributed by atoms with Crippen LogP contribution in [-0.4, -0.2) is 53.3 Å². The van der Waals surface area contributed by atoms with Gasteiger partial charge in [-0.25, -0.2) is 0 Å². The van der Waals surface area contributed by atoms with Crippen molar-refractivity contribution in [3.05, 3.63) is 34.5 Å². The number of carbonyl (C=O) groups excluding carboxylic acids is 2. The van der Waals surface area contributed by atoms with Crippen molar-refractivity contribution in [3.8, 4) is 0 Å². The Morgan fingerprint density at radius 2 is 2.00 bits per heavy atom. The van der Waals surface area contributed by atoms with Crippen molar-refractivity contribution in [3.63, 3.8) is 0 Å². The van der Waals surface area contributed by atoms with Crippen LogP contribution in [0, 0.1) is 6.92 Å². The number of aromatic amines is 1. The molecule has 1 aliphatic heterocycles. The number of nitrogens with zero attached hydrogens (tertiary/aromatic N) is 2. The standard InChI is InChI=1S/C15H16ClN3O2/c1-10-13(14-11(16)3-2-4-12(14)17-10)15(21)19-7-5-18(9-20)6-8-19/h2-4,9,17H,5-8H2,1H3. The van der Waals surface area contributed by atoms with Gasteiger partial charge >= 0.3 is 0 Å². The van der Waals surface area contributed by atoms with Gasteiger partial charge in [0.05, 0.1) is 10.6 Å². The van der Waals surface area contributed by atoms with E-state index in [1.165, 1.54) is 0 Å². The maximum absolute atomic E-state index is 12.8. The van der Waals surface area contributed by atoms with Gasteiger partial charge in [0.1, 0.15) is 0 Å². The third kappa shape index (κ3) is 2.38. The van der Waals surface area contributed by atoms with Crippen molar-refractivity contribution in [2.45, 2.75) is 6.92 Å². The number of amides is 2. The molecular weight excluding hydrogens is 290 g/mol. The molecule has 0 spiro atoms. The largest absolute Gasteiger partial charge is 0.358 e. The number of carbonyl (C=O) groups is 2. The first-order valence-electron chi connectivity index (χ1n) is 6.87. The number of benzene rings is 1. The summed E-state index contributed by atoms with van der Waals surface area (Å²) in [7, 11) is 0. The molecule has 0 radical (unpaired) electrons. The van der Waals surface area contributed by atoms with Gasteiger partial charge in [-0.15, -0.1) is 0 Å². The summed E-state index contributed by atoms with van der Waals surface area (Å²) in [5, 5.41) is 1.35. The van der Waals surface area contributed by atoms with E-state index in [4.69, 9.17) is 11.6 Å². The molecule has 0 bridgehead atoms. The molecule has 1 aliphatic rings. The normalized spacial score (nSPS) is 15.5. The Morgan fingerprint density at radius 3 is 2.67 bits per heavy atom. The Bertz CT molecular complexity index is 702. The monoisotopic (exact) mass is 305 g/mol. The van der Waals surface area contributed by atoms with Gasteiger partial charge in [-0.2, -0.15) is 0 Å². The van der Waals surface area contributed by atoms with Gasteiger partial charge in [-0.05, 0) is 19.1 Å². The maximum atomic E-state index is 12.8. The number of rotatable bonds is 2. The zero-order valence-corrected chi connectivity index (χ0v) is 12.5. The first kappa shape index (κ1) is 13.9. The van der Waals surface area contributed by atoms with Gasteiger partial charge in [0.25, 0.3) is 5.91 Å². The third-order valence-electron chi connectivity index (χ3n) is 3.93. The van der Waals surface area contributed by atoms with E-state index in [1.807, 2.05) is 19.1 Å². The first-order valence-corrected chi connectivity index (χ1v) is 7.25. The highest BCUT2D eigenvalue weighted by Crippen LogP contribution is 2.30. The summed E-state index contributed by atoms with van der Waals surface area (Å²) in [6.07, 6.45) is 0.829. The molecule has 1 saturated heterocycles. The molecule has 1 N–H and O–H groups in total. The molecule has 2 amide bonds. The predicted octanol–water partition coefficient (Wildman–Crippen LogP) is 2.04. The van der Waals surface area contributed by atoms with Gasteiger partial charge in [0.15, 0.2) is 0 Å². The Labute approximate surface area is 127 Å². The number of aromatic nitrogens is 1. The first-order chi connectivity index (χ1) is 10.1. The average Bonchev–Trinajstić information content (AvgIpc) is 2.84. The lowest BCUT2D eigenvalue weighted by atomic mass is 10.1. The van der Waals surface area contributed by atoms with Gasteiger partial charge < -0.3 is 14.8 Å². The molecule has 2 aromatic rings. The van der Waals surface area contributed by atoms with Crippen molar-refractivity contribution in [1.29, 1.82) is 0 Å². The zero-order valence-electron chi connectivity index (χ0n) is 11.7. The molecule has 1 fully saturated rings. The van der Waals surface area contributed by atoms with E-state index < -0.39 is 0 Å². The lowest BCUT2D eigenvalue weighted by molar-refractivity contribution is -0.119. The molecule has 0 unspecified atom stereocenters. The smallest absolute Gasteiger partial charge is 0.256 e. The van der Waals surface area contributed by atoms with Crippen molar-refractivity contribution in [2.75, 3.05) is 26.2 Å². The number of piperazine rings is 1. The zero-order chi connectivity index (χ0) is 15.0. The summed E-state index contributed by atoms with van der Waals surface area (Å²) in [6, 6.07) is 5.56. The third-order valence-corrected chi connectivity index (χ3v) is 4.24. The number of fused-ring (bicyclic) bond motifs is 1. The molecule has 0 aliphatic carbocycles. The minimum atomic E-state index is -0.0302. The van der Waals surface area contributed by atoms with Crippen LogP contribution in [0.4, 0.5) is 0 Å². The fraction of sp³-hybridized carbons (Fsp3) is 0.333. The van der Waals surface area contributed by atoms with Crippen LogP contribution in [-0.2, 0) is 4.79 Å². The Morgan fingerprint density at radius 1 is 1.29 bits per heavy atom. The number of aryl methyl sites for hydroxylation is 1. The second-order valence-electron chi connectivity index (χ2n) is 5.22. The highest BCUT2D eigenvalue weighted by molar-refractivity contribution is 6.37. The topological polar surface area (TPSA) is 56.4 Å². The van der Waals surface area contributed by atoms with Crippen LogP contribution in [0.25, 0.3) is 10.9 Å². The molecule has 110 valence electrons. The van der Waals surface area contributed by atoms with Crippen LogP contribution in [0.5, 0.6) is 0 Å². The van der Waals surface area contributed by atoms with E-state index in [2.05, 4.69) is 4.98 Å². The van der Waals surface area contributed by atoms with Crippen LogP contribution in [0.3, 0.4) is 0 Å². The number of halogens is 1. The Hall–Kier alpha value is -2.01. The molecular formula is C15H16ClN3O2. The van der Waals surface area contributed by atoms with Crippen molar-refractivity contribution < 1.29 is 9.59 Å². The molecule has 0 atom stereocenters. The van der Waals surface area contributed by atoms with Crippen LogP contribution in [0.15, 0.2) is 18.2 Å². The van der Waals surface area contributed by atoms with Gasteiger partial charge in [0, 0.05) is 42.8 Å². The lowest BCUT2D eigenvalue weighted by Crippen LogP contribution is -2.48. The highest BCUT2D eigenvalue weighted by atomic mass is 35.5. The van der Waals surface area contributed by atoms with E-state index in [1.54, 1.807) is 15.9 Å². The van der Waals surface area contributed by atoms with E-state index in [0.717, 1.165) is 23.0 Å². The molecule has 21 heavy (non-hydrogen) atoms. The van der Waals surface area contributed by atoms with Crippen LogP contribution < -0.4 is 0 Å². The number of H-pyrrole nitrogens is 1. The van der Waals surface area contributed by atoms with Crippen LogP contribution >= 0.6 is 11.6 Å². The molecule has 0 saturated carbocycles. The minimum absolute atomic E-state index is 0.0302. The van der Waals surface area contributed by atoms with Crippen molar-refractivity contribution >= 4 is 34.8 Å². The molecule has 5 nitrogen and oxygen atoms in total. The quantitative estimate of drug-likeness (QED) is 0.863. The molecule has 6 heteroatoms. The fourth-order valence-electron chi connectivity index (χ4n) is 2.79. The molecule has 2 heterocycles.